The fourth-order valence-corrected chi connectivity index (χ4v) is 4.16. The van der Waals surface area contributed by atoms with E-state index in [9.17, 15) is 5.11 Å². The minimum absolute atomic E-state index is 0.0501. The van der Waals surface area contributed by atoms with Gasteiger partial charge in [-0.05, 0) is 55.7 Å². The van der Waals surface area contributed by atoms with Crippen LogP contribution in [-0.2, 0) is 0 Å². The summed E-state index contributed by atoms with van der Waals surface area (Å²) in [6.45, 7) is 4.38. The van der Waals surface area contributed by atoms with Crippen molar-refractivity contribution in [3.05, 3.63) is 53.6 Å². The maximum absolute atomic E-state index is 10.8. The molecular weight excluding hydrogens is 376 g/mol. The van der Waals surface area contributed by atoms with E-state index in [-0.39, 0.29) is 17.5 Å². The molecule has 2 aromatic carbocycles. The van der Waals surface area contributed by atoms with E-state index in [2.05, 4.69) is 31.3 Å². The highest BCUT2D eigenvalue weighted by Gasteiger charge is 2.34. The number of hydrogen-bond acceptors (Lipinski definition) is 5. The summed E-state index contributed by atoms with van der Waals surface area (Å²) in [5.74, 6) is 1.52. The quantitative estimate of drug-likeness (QED) is 0.527. The topological polar surface area (TPSA) is 63.1 Å². The van der Waals surface area contributed by atoms with Gasteiger partial charge in [0, 0.05) is 23.7 Å². The fraction of sp³-hybridized carbons (Fsp3) is 0.480. The molecule has 0 unspecified atom stereocenters. The molecule has 0 saturated heterocycles. The lowest BCUT2D eigenvalue weighted by atomic mass is 9.90. The van der Waals surface area contributed by atoms with Gasteiger partial charge in [-0.25, -0.2) is 0 Å². The Hall–Kier alpha value is -2.53. The van der Waals surface area contributed by atoms with Gasteiger partial charge in [0.15, 0.2) is 11.5 Å². The van der Waals surface area contributed by atoms with E-state index in [1.165, 1.54) is 19.3 Å². The second-order valence-electron chi connectivity index (χ2n) is 8.17. The van der Waals surface area contributed by atoms with Crippen molar-refractivity contribution in [3.8, 4) is 17.2 Å². The highest BCUT2D eigenvalue weighted by Crippen LogP contribution is 2.39. The highest BCUT2D eigenvalue weighted by molar-refractivity contribution is 6.01. The second kappa shape index (κ2) is 9.98. The first-order valence-electron chi connectivity index (χ1n) is 10.9. The number of phenolic OH excluding ortho intramolecular Hbond substituents is 1. The van der Waals surface area contributed by atoms with E-state index >= 15 is 0 Å². The van der Waals surface area contributed by atoms with Crippen LogP contribution in [0.4, 0.5) is 0 Å². The van der Waals surface area contributed by atoms with Gasteiger partial charge in [0.25, 0.3) is 0 Å². The van der Waals surface area contributed by atoms with E-state index in [1.807, 2.05) is 24.3 Å². The van der Waals surface area contributed by atoms with Gasteiger partial charge in [-0.2, -0.15) is 0 Å². The van der Waals surface area contributed by atoms with Crippen molar-refractivity contribution in [2.75, 3.05) is 14.2 Å². The fourth-order valence-electron chi connectivity index (χ4n) is 4.16. The molecule has 0 aliphatic carbocycles. The van der Waals surface area contributed by atoms with Crippen molar-refractivity contribution in [2.24, 2.45) is 4.99 Å². The third-order valence-electron chi connectivity index (χ3n) is 5.83. The second-order valence-corrected chi connectivity index (χ2v) is 8.17. The third kappa shape index (κ3) is 5.14. The van der Waals surface area contributed by atoms with Gasteiger partial charge in [0.2, 0.25) is 0 Å². The molecule has 1 aliphatic heterocycles. The maximum atomic E-state index is 10.8. The van der Waals surface area contributed by atoms with Crippen LogP contribution in [-0.4, -0.2) is 30.7 Å². The van der Waals surface area contributed by atoms with Gasteiger partial charge in [-0.3, -0.25) is 10.3 Å². The normalized spacial score (nSPS) is 21.2. The van der Waals surface area contributed by atoms with Crippen molar-refractivity contribution in [1.29, 1.82) is 0 Å². The smallest absolute Gasteiger partial charge is 0.162 e. The minimum Gasteiger partial charge on any atom is -0.504 e. The highest BCUT2D eigenvalue weighted by atomic mass is 16.5. The van der Waals surface area contributed by atoms with E-state index in [4.69, 9.17) is 14.5 Å². The molecular formula is C25H34N2O3. The van der Waals surface area contributed by atoms with Crippen molar-refractivity contribution in [2.45, 2.75) is 64.1 Å². The summed E-state index contributed by atoms with van der Waals surface area (Å²) in [5, 5.41) is 14.5. The Kier molecular flexibility index (Phi) is 7.38. The van der Waals surface area contributed by atoms with E-state index in [0.29, 0.717) is 12.2 Å². The van der Waals surface area contributed by atoms with Crippen LogP contribution in [0, 0.1) is 0 Å². The van der Waals surface area contributed by atoms with Crippen LogP contribution in [0.5, 0.6) is 17.2 Å². The number of hydrogen-bond donors (Lipinski definition) is 2. The predicted molar refractivity (Wildman–Crippen MR) is 122 cm³/mol. The van der Waals surface area contributed by atoms with Crippen LogP contribution in [0.15, 0.2) is 47.5 Å². The molecule has 1 aliphatic rings. The molecule has 30 heavy (non-hydrogen) atoms. The van der Waals surface area contributed by atoms with E-state index < -0.39 is 0 Å². The van der Waals surface area contributed by atoms with Gasteiger partial charge in [-0.1, -0.05) is 38.3 Å². The molecule has 3 rings (SSSR count). The van der Waals surface area contributed by atoms with Crippen LogP contribution in [0.2, 0.25) is 0 Å². The molecule has 2 N–H and O–H groups in total. The molecule has 0 fully saturated rings. The zero-order valence-electron chi connectivity index (χ0n) is 18.6. The predicted octanol–water partition coefficient (Wildman–Crippen LogP) is 5.62. The molecule has 0 radical (unpaired) electrons. The van der Waals surface area contributed by atoms with Crippen LogP contribution in [0.25, 0.3) is 0 Å². The summed E-state index contributed by atoms with van der Waals surface area (Å²) in [5.41, 5.74) is 2.59. The summed E-state index contributed by atoms with van der Waals surface area (Å²) in [4.78, 5) is 5.14. The molecule has 0 amide bonds. The monoisotopic (exact) mass is 410 g/mol. The lowest BCUT2D eigenvalue weighted by Gasteiger charge is -2.38. The molecule has 2 atom stereocenters. The Morgan fingerprint density at radius 2 is 1.83 bits per heavy atom. The largest absolute Gasteiger partial charge is 0.504 e. The molecule has 162 valence electrons. The Labute approximate surface area is 180 Å². The maximum Gasteiger partial charge on any atom is 0.162 e. The Balaban J connectivity index is 1.93. The number of ether oxygens (including phenoxy) is 2. The minimum atomic E-state index is -0.387. The Morgan fingerprint density at radius 1 is 1.07 bits per heavy atom. The molecule has 1 heterocycles. The number of para-hydroxylation sites is 1. The van der Waals surface area contributed by atoms with Gasteiger partial charge in [-0.15, -0.1) is 0 Å². The Bertz CT molecular complexity index is 863. The number of methoxy groups -OCH3 is 2. The van der Waals surface area contributed by atoms with Gasteiger partial charge < -0.3 is 14.6 Å². The number of unbranched alkanes of at least 4 members (excludes halogenated alkanes) is 3. The van der Waals surface area contributed by atoms with Crippen molar-refractivity contribution in [1.82, 2.24) is 5.32 Å². The summed E-state index contributed by atoms with van der Waals surface area (Å²) in [6, 6.07) is 13.7. The van der Waals surface area contributed by atoms with E-state index in [1.54, 1.807) is 20.3 Å². The van der Waals surface area contributed by atoms with Crippen molar-refractivity contribution in [3.63, 3.8) is 0 Å². The summed E-state index contributed by atoms with van der Waals surface area (Å²) >= 11 is 0. The van der Waals surface area contributed by atoms with E-state index in [0.717, 1.165) is 35.4 Å². The van der Waals surface area contributed by atoms with Crippen molar-refractivity contribution >= 4 is 5.71 Å². The zero-order chi connectivity index (χ0) is 21.6. The molecule has 5 nitrogen and oxygen atoms in total. The molecule has 2 aromatic rings. The molecule has 5 heteroatoms. The summed E-state index contributed by atoms with van der Waals surface area (Å²) in [6.07, 6.45) is 6.42. The van der Waals surface area contributed by atoms with Crippen LogP contribution >= 0.6 is 0 Å². The molecule has 0 saturated carbocycles. The SMILES string of the molecule is CCCCCC[C@@]1(C)N=C(c2ccc(OC)cc2)C[C@@H](c2cccc(OC)c2O)N1. The number of phenols is 1. The average Bonchev–Trinajstić information content (AvgIpc) is 2.76. The number of nitrogens with one attached hydrogen (secondary N) is 1. The van der Waals surface area contributed by atoms with Gasteiger partial charge in [0.1, 0.15) is 11.4 Å². The Morgan fingerprint density at radius 3 is 2.50 bits per heavy atom. The van der Waals surface area contributed by atoms with Gasteiger partial charge in [0.05, 0.1) is 14.2 Å². The molecule has 0 spiro atoms. The lowest BCUT2D eigenvalue weighted by molar-refractivity contribution is 0.275. The number of aliphatic imine (C=N–C) groups is 1. The summed E-state index contributed by atoms with van der Waals surface area (Å²) < 4.78 is 10.6. The summed E-state index contributed by atoms with van der Waals surface area (Å²) in [7, 11) is 3.25. The lowest BCUT2D eigenvalue weighted by Crippen LogP contribution is -2.47. The van der Waals surface area contributed by atoms with Crippen LogP contribution < -0.4 is 14.8 Å². The first-order valence-corrected chi connectivity index (χ1v) is 10.9. The third-order valence-corrected chi connectivity index (χ3v) is 5.83. The van der Waals surface area contributed by atoms with Crippen molar-refractivity contribution < 1.29 is 14.6 Å². The zero-order valence-corrected chi connectivity index (χ0v) is 18.6. The van der Waals surface area contributed by atoms with Gasteiger partial charge >= 0.3 is 0 Å². The number of nitrogens with zero attached hydrogens (tertiary/aromatic N) is 1. The number of rotatable bonds is 9. The number of benzene rings is 2. The number of aromatic hydroxyl groups is 1. The average molecular weight is 411 g/mol. The first-order chi connectivity index (χ1) is 14.5. The molecule has 0 aromatic heterocycles. The molecule has 0 bridgehead atoms. The standard InChI is InChI=1S/C25H34N2O3/c1-5-6-7-8-16-25(2)26-21(18-12-14-19(29-3)15-13-18)17-22(27-25)20-10-9-11-23(30-4)24(20)28/h9-15,22,27-28H,5-8,16-17H2,1-4H3/t22-,25-/m0/s1. The van der Waals surface area contributed by atoms with Crippen LogP contribution in [0.3, 0.4) is 0 Å². The van der Waals surface area contributed by atoms with Crippen LogP contribution in [0.1, 0.15) is 69.5 Å². The first kappa shape index (κ1) is 22.2.